The molecule has 0 radical (unpaired) electrons. The third-order valence-electron chi connectivity index (χ3n) is 8.23. The first-order valence-electron chi connectivity index (χ1n) is 13.6. The third-order valence-corrected chi connectivity index (χ3v) is 10.5. The lowest BCUT2D eigenvalue weighted by Gasteiger charge is -2.34. The maximum absolute atomic E-state index is 13.5. The minimum Gasteiger partial charge on any atom is -0.369 e. The molecule has 0 atom stereocenters. The van der Waals surface area contributed by atoms with Gasteiger partial charge < -0.3 is 20.4 Å². The Morgan fingerprint density at radius 2 is 1.81 bits per heavy atom. The number of likely N-dealkylation sites (N-methyl/N-ethyl adjacent to an activating group) is 1. The molecule has 2 N–H and O–H groups in total. The monoisotopic (exact) mass is 525 g/mol. The van der Waals surface area contributed by atoms with Crippen LogP contribution in [0, 0.1) is 5.41 Å². The first-order chi connectivity index (χ1) is 17.8. The van der Waals surface area contributed by atoms with Gasteiger partial charge in [0.15, 0.2) is 9.84 Å². The van der Waals surface area contributed by atoms with E-state index >= 15 is 0 Å². The highest BCUT2D eigenvalue weighted by Crippen LogP contribution is 2.54. The van der Waals surface area contributed by atoms with Gasteiger partial charge in [-0.2, -0.15) is 0 Å². The van der Waals surface area contributed by atoms with Gasteiger partial charge in [-0.3, -0.25) is 4.79 Å². The van der Waals surface area contributed by atoms with Crippen molar-refractivity contribution in [3.63, 3.8) is 0 Å². The van der Waals surface area contributed by atoms with E-state index in [0.717, 1.165) is 57.7 Å². The number of carbonyl (C=O) groups is 1. The van der Waals surface area contributed by atoms with Gasteiger partial charge in [-0.25, -0.2) is 13.4 Å². The second kappa shape index (κ2) is 10.6. The van der Waals surface area contributed by atoms with Gasteiger partial charge in [-0.05, 0) is 88.4 Å². The van der Waals surface area contributed by atoms with Crippen LogP contribution in [-0.2, 0) is 9.84 Å². The molecule has 200 valence electrons. The number of rotatable bonds is 9. The summed E-state index contributed by atoms with van der Waals surface area (Å²) in [6.45, 7) is 3.43. The number of carbonyl (C=O) groups excluding carboxylic acids is 1. The molecular weight excluding hydrogens is 486 g/mol. The Kier molecular flexibility index (Phi) is 7.45. The van der Waals surface area contributed by atoms with Crippen LogP contribution in [0.25, 0.3) is 0 Å². The first-order valence-corrected chi connectivity index (χ1v) is 15.1. The maximum Gasteiger partial charge on any atom is 0.259 e. The smallest absolute Gasteiger partial charge is 0.259 e. The fraction of sp³-hybridized carbons (Fsp3) is 0.571. The molecule has 3 aliphatic rings. The van der Waals surface area contributed by atoms with Crippen molar-refractivity contribution in [1.29, 1.82) is 0 Å². The van der Waals surface area contributed by atoms with Crippen LogP contribution in [0.3, 0.4) is 0 Å². The number of nitrogens with one attached hydrogen (secondary N) is 2. The average Bonchev–Trinajstić information content (AvgIpc) is 3.38. The van der Waals surface area contributed by atoms with Crippen LogP contribution in [0.5, 0.6) is 0 Å². The summed E-state index contributed by atoms with van der Waals surface area (Å²) in [6.07, 6.45) is 8.22. The highest BCUT2D eigenvalue weighted by atomic mass is 32.2. The van der Waals surface area contributed by atoms with E-state index in [-0.39, 0.29) is 16.1 Å². The minimum absolute atomic E-state index is 0.274. The van der Waals surface area contributed by atoms with Crippen molar-refractivity contribution in [3.05, 3.63) is 42.0 Å². The zero-order chi connectivity index (χ0) is 26.0. The molecule has 0 bridgehead atoms. The summed E-state index contributed by atoms with van der Waals surface area (Å²) in [7, 11) is 0.666. The second-order valence-corrected chi connectivity index (χ2v) is 13.4. The molecule has 3 fully saturated rings. The molecule has 2 aromatic rings. The van der Waals surface area contributed by atoms with Gasteiger partial charge in [0.05, 0.1) is 15.7 Å². The Bertz CT molecular complexity index is 1230. The second-order valence-electron chi connectivity index (χ2n) is 11.2. The van der Waals surface area contributed by atoms with Crippen LogP contribution in [0.2, 0.25) is 0 Å². The molecule has 2 saturated carbocycles. The zero-order valence-corrected chi connectivity index (χ0v) is 22.8. The molecule has 1 aliphatic heterocycles. The predicted octanol–water partition coefficient (Wildman–Crippen LogP) is 4.40. The zero-order valence-electron chi connectivity index (χ0n) is 22.0. The van der Waals surface area contributed by atoms with Crippen LogP contribution in [-0.4, -0.2) is 69.7 Å². The molecule has 9 heteroatoms. The van der Waals surface area contributed by atoms with Crippen LogP contribution in [0.1, 0.15) is 61.7 Å². The predicted molar refractivity (Wildman–Crippen MR) is 148 cm³/mol. The molecule has 1 saturated heterocycles. The van der Waals surface area contributed by atoms with E-state index in [4.69, 9.17) is 4.98 Å². The minimum atomic E-state index is -3.40. The van der Waals surface area contributed by atoms with Crippen LogP contribution in [0.15, 0.2) is 41.3 Å². The maximum atomic E-state index is 13.5. The SMILES string of the molecule is CN(C)CCNc1ccc(C(=O)Nc2cccc(S(=O)(=O)C3CCCC3)c2)c(N2CCC3(CC2)CC3)n1. The Hall–Kier alpha value is -2.65. The molecule has 37 heavy (non-hydrogen) atoms. The Balaban J connectivity index is 1.36. The summed E-state index contributed by atoms with van der Waals surface area (Å²) in [5, 5.41) is 6.00. The number of amides is 1. The van der Waals surface area contributed by atoms with E-state index in [2.05, 4.69) is 20.4 Å². The van der Waals surface area contributed by atoms with Gasteiger partial charge in [-0.15, -0.1) is 0 Å². The molecule has 2 aliphatic carbocycles. The van der Waals surface area contributed by atoms with E-state index in [0.29, 0.717) is 35.3 Å². The van der Waals surface area contributed by atoms with E-state index in [1.165, 1.54) is 12.8 Å². The van der Waals surface area contributed by atoms with Gasteiger partial charge in [0.1, 0.15) is 11.6 Å². The van der Waals surface area contributed by atoms with E-state index < -0.39 is 9.84 Å². The lowest BCUT2D eigenvalue weighted by atomic mass is 9.93. The summed E-state index contributed by atoms with van der Waals surface area (Å²) in [6, 6.07) is 10.3. The molecule has 1 aromatic heterocycles. The number of benzene rings is 1. The van der Waals surface area contributed by atoms with Crippen LogP contribution in [0.4, 0.5) is 17.3 Å². The summed E-state index contributed by atoms with van der Waals surface area (Å²) in [5.41, 5.74) is 1.51. The van der Waals surface area contributed by atoms with Crippen LogP contribution < -0.4 is 15.5 Å². The van der Waals surface area contributed by atoms with Crippen molar-refractivity contribution < 1.29 is 13.2 Å². The van der Waals surface area contributed by atoms with Gasteiger partial charge >= 0.3 is 0 Å². The number of pyridine rings is 1. The fourth-order valence-electron chi connectivity index (χ4n) is 5.58. The van der Waals surface area contributed by atoms with Gasteiger partial charge in [0.25, 0.3) is 5.91 Å². The summed E-state index contributed by atoms with van der Waals surface area (Å²) >= 11 is 0. The molecule has 1 amide bonds. The first kappa shape index (κ1) is 26.0. The van der Waals surface area contributed by atoms with Crippen molar-refractivity contribution in [2.45, 2.75) is 61.5 Å². The fourth-order valence-corrected chi connectivity index (χ4v) is 7.48. The normalized spacial score (nSPS) is 19.4. The number of hydrogen-bond donors (Lipinski definition) is 2. The van der Waals surface area contributed by atoms with Gasteiger partial charge in [0.2, 0.25) is 0 Å². The molecule has 0 unspecified atom stereocenters. The quantitative estimate of drug-likeness (QED) is 0.501. The molecule has 2 heterocycles. The largest absolute Gasteiger partial charge is 0.369 e. The Morgan fingerprint density at radius 1 is 1.08 bits per heavy atom. The number of nitrogens with zero attached hydrogens (tertiary/aromatic N) is 3. The molecule has 1 aromatic carbocycles. The number of anilines is 3. The number of sulfone groups is 1. The van der Waals surface area contributed by atoms with Crippen molar-refractivity contribution in [2.75, 3.05) is 55.8 Å². The van der Waals surface area contributed by atoms with E-state index in [9.17, 15) is 13.2 Å². The van der Waals surface area contributed by atoms with Crippen molar-refractivity contribution in [2.24, 2.45) is 5.41 Å². The topological polar surface area (TPSA) is 94.6 Å². The van der Waals surface area contributed by atoms with Gasteiger partial charge in [0, 0.05) is 31.9 Å². The van der Waals surface area contributed by atoms with Crippen LogP contribution >= 0.6 is 0 Å². The standard InChI is InChI=1S/C28H39N5O3S/c1-32(2)19-16-29-25-11-10-24(26(31-25)33-17-14-28(12-13-28)15-18-33)27(34)30-21-6-5-9-23(20-21)37(35,36)22-7-3-4-8-22/h5-6,9-11,20,22H,3-4,7-8,12-19H2,1-2H3,(H,29,31)(H,30,34). The average molecular weight is 526 g/mol. The molecular formula is C28H39N5O3S. The Morgan fingerprint density at radius 3 is 2.49 bits per heavy atom. The lowest BCUT2D eigenvalue weighted by Crippen LogP contribution is -2.36. The van der Waals surface area contributed by atoms with Gasteiger partial charge in [-0.1, -0.05) is 18.9 Å². The number of aromatic nitrogens is 1. The molecule has 5 rings (SSSR count). The summed E-state index contributed by atoms with van der Waals surface area (Å²) < 4.78 is 26.2. The molecule has 1 spiro atoms. The summed E-state index contributed by atoms with van der Waals surface area (Å²) in [4.78, 5) is 23.0. The van der Waals surface area contributed by atoms with Crippen molar-refractivity contribution in [3.8, 4) is 0 Å². The number of piperidine rings is 1. The van der Waals surface area contributed by atoms with E-state index in [1.807, 2.05) is 26.2 Å². The molecule has 8 nitrogen and oxygen atoms in total. The van der Waals surface area contributed by atoms with Crippen molar-refractivity contribution in [1.82, 2.24) is 9.88 Å². The Labute approximate surface area is 220 Å². The number of hydrogen-bond acceptors (Lipinski definition) is 7. The van der Waals surface area contributed by atoms with E-state index in [1.54, 1.807) is 24.3 Å². The summed E-state index contributed by atoms with van der Waals surface area (Å²) in [5.74, 6) is 1.17. The van der Waals surface area contributed by atoms with Crippen molar-refractivity contribution >= 4 is 33.1 Å². The highest BCUT2D eigenvalue weighted by molar-refractivity contribution is 7.92. The third kappa shape index (κ3) is 5.93. The lowest BCUT2D eigenvalue weighted by molar-refractivity contribution is 0.102. The highest BCUT2D eigenvalue weighted by Gasteiger charge is 2.45.